The zero-order valence-electron chi connectivity index (χ0n) is 11.9. The third kappa shape index (κ3) is 2.73. The van der Waals surface area contributed by atoms with E-state index in [0.29, 0.717) is 0 Å². The molecule has 1 nitrogen and oxygen atoms in total. The summed E-state index contributed by atoms with van der Waals surface area (Å²) in [6.45, 7) is 10.9. The summed E-state index contributed by atoms with van der Waals surface area (Å²) >= 11 is 0. The van der Waals surface area contributed by atoms with E-state index in [1.165, 1.54) is 21.9 Å². The topological polar surface area (TPSA) is 12.0 Å². The minimum atomic E-state index is 0.176. The van der Waals surface area contributed by atoms with E-state index in [0.717, 1.165) is 13.1 Å². The largest absolute Gasteiger partial charge is 0.316 e. The van der Waals surface area contributed by atoms with Gasteiger partial charge in [-0.15, -0.1) is 0 Å². The molecule has 2 rings (SSSR count). The van der Waals surface area contributed by atoms with Gasteiger partial charge in [-0.2, -0.15) is 0 Å². The van der Waals surface area contributed by atoms with Crippen molar-refractivity contribution in [1.29, 1.82) is 0 Å². The van der Waals surface area contributed by atoms with Crippen molar-refractivity contribution in [3.8, 4) is 0 Å². The average molecular weight is 241 g/mol. The van der Waals surface area contributed by atoms with Crippen LogP contribution >= 0.6 is 0 Å². The van der Waals surface area contributed by atoms with Crippen LogP contribution in [0.25, 0.3) is 10.8 Å². The van der Waals surface area contributed by atoms with E-state index in [-0.39, 0.29) is 5.41 Å². The predicted octanol–water partition coefficient (Wildman–Crippen LogP) is 4.04. The van der Waals surface area contributed by atoms with Crippen LogP contribution in [-0.2, 0) is 5.41 Å². The van der Waals surface area contributed by atoms with E-state index < -0.39 is 0 Å². The quantitative estimate of drug-likeness (QED) is 0.852. The van der Waals surface area contributed by atoms with Crippen LogP contribution in [0.1, 0.15) is 31.9 Å². The molecule has 0 aliphatic heterocycles. The van der Waals surface area contributed by atoms with Crippen LogP contribution in [0, 0.1) is 6.92 Å². The molecule has 0 radical (unpaired) electrons. The van der Waals surface area contributed by atoms with Gasteiger partial charge in [0.2, 0.25) is 0 Å². The van der Waals surface area contributed by atoms with Gasteiger partial charge in [0.15, 0.2) is 0 Å². The lowest BCUT2D eigenvalue weighted by Crippen LogP contribution is -2.32. The maximum absolute atomic E-state index is 3.44. The van der Waals surface area contributed by atoms with Crippen LogP contribution in [0.2, 0.25) is 0 Å². The van der Waals surface area contributed by atoms with Crippen LogP contribution in [0.3, 0.4) is 0 Å². The molecular weight excluding hydrogens is 218 g/mol. The van der Waals surface area contributed by atoms with Crippen molar-refractivity contribution in [3.63, 3.8) is 0 Å². The number of aryl methyl sites for hydroxylation is 1. The van der Waals surface area contributed by atoms with Gasteiger partial charge in [-0.3, -0.25) is 0 Å². The van der Waals surface area contributed by atoms with E-state index in [2.05, 4.69) is 69.4 Å². The molecule has 0 saturated carbocycles. The molecule has 0 aromatic heterocycles. The number of fused-ring (bicyclic) bond motifs is 1. The van der Waals surface area contributed by atoms with Crippen molar-refractivity contribution < 1.29 is 0 Å². The summed E-state index contributed by atoms with van der Waals surface area (Å²) in [5, 5.41) is 6.11. The lowest BCUT2D eigenvalue weighted by Gasteiger charge is -2.26. The highest BCUT2D eigenvalue weighted by Crippen LogP contribution is 2.26. The molecule has 0 heterocycles. The Morgan fingerprint density at radius 1 is 1.00 bits per heavy atom. The molecule has 1 heteroatoms. The van der Waals surface area contributed by atoms with Crippen molar-refractivity contribution >= 4 is 10.8 Å². The molecular formula is C17H23N. The lowest BCUT2D eigenvalue weighted by atomic mass is 9.83. The third-order valence-corrected chi connectivity index (χ3v) is 3.59. The normalized spacial score (nSPS) is 12.0. The van der Waals surface area contributed by atoms with Crippen LogP contribution in [-0.4, -0.2) is 13.1 Å². The van der Waals surface area contributed by atoms with Crippen molar-refractivity contribution in [2.75, 3.05) is 13.1 Å². The fraction of sp³-hybridized carbons (Fsp3) is 0.412. The number of benzene rings is 2. The van der Waals surface area contributed by atoms with Crippen molar-refractivity contribution in [2.45, 2.75) is 33.1 Å². The van der Waals surface area contributed by atoms with Crippen LogP contribution in [0.5, 0.6) is 0 Å². The monoisotopic (exact) mass is 241 g/mol. The average Bonchev–Trinajstić information content (AvgIpc) is 2.35. The molecule has 0 aliphatic carbocycles. The molecule has 0 spiro atoms. The van der Waals surface area contributed by atoms with Gasteiger partial charge in [-0.05, 0) is 29.8 Å². The smallest absolute Gasteiger partial charge is 0.00430 e. The first-order valence-corrected chi connectivity index (χ1v) is 6.74. The van der Waals surface area contributed by atoms with Gasteiger partial charge >= 0.3 is 0 Å². The number of likely N-dealkylation sites (N-methyl/N-ethyl adjacent to an activating group) is 1. The molecule has 96 valence electrons. The Hall–Kier alpha value is -1.34. The zero-order valence-corrected chi connectivity index (χ0v) is 11.9. The summed E-state index contributed by atoms with van der Waals surface area (Å²) in [4.78, 5) is 0. The molecule has 0 fully saturated rings. The van der Waals surface area contributed by atoms with Gasteiger partial charge in [0, 0.05) is 12.0 Å². The Morgan fingerprint density at radius 2 is 1.67 bits per heavy atom. The van der Waals surface area contributed by atoms with E-state index in [1.807, 2.05) is 0 Å². The van der Waals surface area contributed by atoms with E-state index in [1.54, 1.807) is 0 Å². The summed E-state index contributed by atoms with van der Waals surface area (Å²) in [6, 6.07) is 13.5. The number of nitrogens with one attached hydrogen (secondary N) is 1. The minimum absolute atomic E-state index is 0.176. The number of rotatable bonds is 4. The zero-order chi connectivity index (χ0) is 13.2. The molecule has 0 aliphatic rings. The number of hydrogen-bond donors (Lipinski definition) is 1. The fourth-order valence-corrected chi connectivity index (χ4v) is 2.33. The number of hydrogen-bond acceptors (Lipinski definition) is 1. The van der Waals surface area contributed by atoms with Crippen LogP contribution < -0.4 is 5.32 Å². The first-order valence-electron chi connectivity index (χ1n) is 6.74. The van der Waals surface area contributed by atoms with Crippen LogP contribution in [0.15, 0.2) is 36.4 Å². The molecule has 18 heavy (non-hydrogen) atoms. The molecule has 0 unspecified atom stereocenters. The lowest BCUT2D eigenvalue weighted by molar-refractivity contribution is 0.478. The predicted molar refractivity (Wildman–Crippen MR) is 80.3 cm³/mol. The van der Waals surface area contributed by atoms with Gasteiger partial charge in [-0.1, -0.05) is 62.7 Å². The Bertz CT molecular complexity index is 540. The van der Waals surface area contributed by atoms with Gasteiger partial charge in [0.05, 0.1) is 0 Å². The van der Waals surface area contributed by atoms with E-state index in [4.69, 9.17) is 0 Å². The maximum Gasteiger partial charge on any atom is 0.00430 e. The van der Waals surface area contributed by atoms with Gasteiger partial charge in [0.1, 0.15) is 0 Å². The van der Waals surface area contributed by atoms with Gasteiger partial charge in [0.25, 0.3) is 0 Å². The molecule has 0 atom stereocenters. The Morgan fingerprint density at radius 3 is 2.39 bits per heavy atom. The standard InChI is InChI=1S/C17H23N/c1-5-18-12-17(3,4)16-9-8-14-10-13(2)6-7-15(14)11-16/h6-11,18H,5,12H2,1-4H3. The summed E-state index contributed by atoms with van der Waals surface area (Å²) in [6.07, 6.45) is 0. The van der Waals surface area contributed by atoms with Crippen molar-refractivity contribution in [2.24, 2.45) is 0 Å². The molecule has 1 N–H and O–H groups in total. The maximum atomic E-state index is 3.44. The Labute approximate surface area is 110 Å². The Kier molecular flexibility index (Phi) is 3.72. The minimum Gasteiger partial charge on any atom is -0.316 e. The second kappa shape index (κ2) is 5.11. The summed E-state index contributed by atoms with van der Waals surface area (Å²) in [5.41, 5.74) is 2.90. The first kappa shape index (κ1) is 13.1. The highest BCUT2D eigenvalue weighted by molar-refractivity contribution is 5.84. The molecule has 2 aromatic rings. The van der Waals surface area contributed by atoms with E-state index >= 15 is 0 Å². The summed E-state index contributed by atoms with van der Waals surface area (Å²) in [5.74, 6) is 0. The fourth-order valence-electron chi connectivity index (χ4n) is 2.33. The second-order valence-corrected chi connectivity index (χ2v) is 5.73. The van der Waals surface area contributed by atoms with Gasteiger partial charge in [-0.25, -0.2) is 0 Å². The second-order valence-electron chi connectivity index (χ2n) is 5.73. The van der Waals surface area contributed by atoms with Crippen LogP contribution in [0.4, 0.5) is 0 Å². The SMILES string of the molecule is CCNCC(C)(C)c1ccc2cc(C)ccc2c1. The Balaban J connectivity index is 2.37. The highest BCUT2D eigenvalue weighted by Gasteiger charge is 2.19. The van der Waals surface area contributed by atoms with Gasteiger partial charge < -0.3 is 5.32 Å². The van der Waals surface area contributed by atoms with E-state index in [9.17, 15) is 0 Å². The molecule has 0 bridgehead atoms. The first-order chi connectivity index (χ1) is 8.53. The van der Waals surface area contributed by atoms with Crippen molar-refractivity contribution in [1.82, 2.24) is 5.32 Å². The summed E-state index contributed by atoms with van der Waals surface area (Å²) < 4.78 is 0. The molecule has 0 saturated heterocycles. The highest BCUT2D eigenvalue weighted by atomic mass is 14.9. The summed E-state index contributed by atoms with van der Waals surface area (Å²) in [7, 11) is 0. The molecule has 2 aromatic carbocycles. The third-order valence-electron chi connectivity index (χ3n) is 3.59. The van der Waals surface area contributed by atoms with Crippen molar-refractivity contribution in [3.05, 3.63) is 47.5 Å². The molecule has 0 amide bonds.